The van der Waals surface area contributed by atoms with Gasteiger partial charge in [0.25, 0.3) is 0 Å². The summed E-state index contributed by atoms with van der Waals surface area (Å²) in [6.45, 7) is 5.50. The topological polar surface area (TPSA) is 102 Å². The number of nitrogens with zero attached hydrogens (tertiary/aromatic N) is 4. The SMILES string of the molecule is CCC1CC(N(Cc2cc(Cl)cc(C(F)(F)F)c2)c2ncc(OCCS(C)(=O)=O)cn2)CC(Cc2ccccc2)N1C(=O)OC(C)C. The molecule has 3 aromatic rings. The summed E-state index contributed by atoms with van der Waals surface area (Å²) in [5.74, 6) is 0.306. The number of piperidine rings is 1. The van der Waals surface area contributed by atoms with Gasteiger partial charge in [-0.05, 0) is 68.9 Å². The Morgan fingerprint density at radius 3 is 2.32 bits per heavy atom. The minimum atomic E-state index is -4.60. The number of anilines is 1. The van der Waals surface area contributed by atoms with Gasteiger partial charge >= 0.3 is 12.3 Å². The molecule has 256 valence electrons. The predicted molar refractivity (Wildman–Crippen MR) is 174 cm³/mol. The van der Waals surface area contributed by atoms with Crippen LogP contribution in [0.4, 0.5) is 23.9 Å². The third-order valence-corrected chi connectivity index (χ3v) is 9.01. The first-order valence-electron chi connectivity index (χ1n) is 15.4. The number of benzene rings is 2. The van der Waals surface area contributed by atoms with Crippen molar-refractivity contribution in [2.24, 2.45) is 0 Å². The molecule has 0 saturated carbocycles. The van der Waals surface area contributed by atoms with Crippen LogP contribution in [-0.4, -0.2) is 72.2 Å². The van der Waals surface area contributed by atoms with E-state index in [-0.39, 0.29) is 59.9 Å². The zero-order chi connectivity index (χ0) is 34.4. The van der Waals surface area contributed by atoms with Crippen molar-refractivity contribution in [2.45, 2.75) is 83.4 Å². The lowest BCUT2D eigenvalue weighted by molar-refractivity contribution is -0.137. The molecule has 4 rings (SSSR count). The fraction of sp³-hybridized carbons (Fsp3) is 0.485. The maximum absolute atomic E-state index is 13.7. The van der Waals surface area contributed by atoms with Crippen LogP contribution in [0.3, 0.4) is 0 Å². The molecule has 14 heteroatoms. The summed E-state index contributed by atoms with van der Waals surface area (Å²) in [6.07, 6.45) is 0.704. The van der Waals surface area contributed by atoms with Gasteiger partial charge in [0.05, 0.1) is 29.8 Å². The van der Waals surface area contributed by atoms with E-state index in [9.17, 15) is 26.4 Å². The highest BCUT2D eigenvalue weighted by Gasteiger charge is 2.41. The van der Waals surface area contributed by atoms with Crippen molar-refractivity contribution in [3.63, 3.8) is 0 Å². The van der Waals surface area contributed by atoms with Crippen molar-refractivity contribution in [3.8, 4) is 5.75 Å². The van der Waals surface area contributed by atoms with Crippen LogP contribution in [-0.2, 0) is 33.7 Å². The average molecular weight is 697 g/mol. The van der Waals surface area contributed by atoms with Crippen molar-refractivity contribution >= 4 is 33.5 Å². The Hall–Kier alpha value is -3.58. The van der Waals surface area contributed by atoms with Gasteiger partial charge in [0.1, 0.15) is 6.61 Å². The Morgan fingerprint density at radius 2 is 1.72 bits per heavy atom. The first-order valence-corrected chi connectivity index (χ1v) is 17.9. The normalized spacial score (nSPS) is 18.7. The number of amides is 1. The summed E-state index contributed by atoms with van der Waals surface area (Å²) in [5, 5.41) is -0.0510. The van der Waals surface area contributed by atoms with Gasteiger partial charge < -0.3 is 19.3 Å². The fourth-order valence-corrected chi connectivity index (χ4v) is 6.45. The van der Waals surface area contributed by atoms with Crippen LogP contribution in [0.1, 0.15) is 56.7 Å². The molecule has 3 unspecified atom stereocenters. The van der Waals surface area contributed by atoms with Crippen LogP contribution in [0.2, 0.25) is 5.02 Å². The van der Waals surface area contributed by atoms with Crippen molar-refractivity contribution in [1.29, 1.82) is 0 Å². The van der Waals surface area contributed by atoms with E-state index in [0.29, 0.717) is 31.2 Å². The van der Waals surface area contributed by atoms with Gasteiger partial charge in [0.2, 0.25) is 5.95 Å². The van der Waals surface area contributed by atoms with Gasteiger partial charge in [-0.3, -0.25) is 0 Å². The molecule has 0 spiro atoms. The molecule has 1 aromatic heterocycles. The van der Waals surface area contributed by atoms with Crippen molar-refractivity contribution < 1.29 is 35.9 Å². The second-order valence-electron chi connectivity index (χ2n) is 12.0. The number of hydrogen-bond donors (Lipinski definition) is 0. The third-order valence-electron chi connectivity index (χ3n) is 7.88. The quantitative estimate of drug-likeness (QED) is 0.200. The van der Waals surface area contributed by atoms with Gasteiger partial charge in [0.15, 0.2) is 15.6 Å². The Balaban J connectivity index is 1.72. The molecule has 0 N–H and O–H groups in total. The molecule has 1 aliphatic heterocycles. The number of alkyl halides is 3. The van der Waals surface area contributed by atoms with Gasteiger partial charge in [-0.25, -0.2) is 23.2 Å². The third kappa shape index (κ3) is 10.5. The van der Waals surface area contributed by atoms with E-state index in [0.717, 1.165) is 24.0 Å². The van der Waals surface area contributed by atoms with Gasteiger partial charge in [-0.1, -0.05) is 48.9 Å². The Bertz CT molecular complexity index is 1590. The number of rotatable bonds is 12. The Kier molecular flexibility index (Phi) is 12.0. The second kappa shape index (κ2) is 15.5. The summed E-state index contributed by atoms with van der Waals surface area (Å²) >= 11 is 6.16. The van der Waals surface area contributed by atoms with E-state index in [1.165, 1.54) is 18.5 Å². The largest absolute Gasteiger partial charge is 0.489 e. The molecule has 2 aromatic carbocycles. The molecule has 1 fully saturated rings. The van der Waals surface area contributed by atoms with E-state index in [4.69, 9.17) is 21.1 Å². The smallest absolute Gasteiger partial charge is 0.416 e. The number of likely N-dealkylation sites (tertiary alicyclic amines) is 1. The molecule has 47 heavy (non-hydrogen) atoms. The summed E-state index contributed by atoms with van der Waals surface area (Å²) in [5.41, 5.74) is 0.477. The van der Waals surface area contributed by atoms with E-state index in [1.807, 2.05) is 47.1 Å². The zero-order valence-corrected chi connectivity index (χ0v) is 28.4. The molecule has 0 radical (unpaired) electrons. The maximum Gasteiger partial charge on any atom is 0.416 e. The second-order valence-corrected chi connectivity index (χ2v) is 14.7. The van der Waals surface area contributed by atoms with Gasteiger partial charge in [-0.2, -0.15) is 13.2 Å². The number of halogens is 4. The molecule has 3 atom stereocenters. The van der Waals surface area contributed by atoms with Gasteiger partial charge in [-0.15, -0.1) is 0 Å². The molecular formula is C33H40ClF3N4O5S. The monoisotopic (exact) mass is 696 g/mol. The lowest BCUT2D eigenvalue weighted by atomic mass is 9.86. The van der Waals surface area contributed by atoms with Crippen LogP contribution < -0.4 is 9.64 Å². The van der Waals surface area contributed by atoms with Gasteiger partial charge in [0, 0.05) is 35.9 Å². The number of ether oxygens (including phenoxy) is 2. The molecule has 2 heterocycles. The number of carbonyl (C=O) groups excluding carboxylic acids is 1. The van der Waals surface area contributed by atoms with Crippen molar-refractivity contribution in [3.05, 3.63) is 82.6 Å². The standard InChI is InChI=1S/C33H40ClF3N4O5S/c1-5-27-17-28(18-29(15-23-9-7-6-8-10-23)41(27)32(42)46-22(2)3)40(21-24-13-25(33(35,36)37)16-26(34)14-24)31-38-19-30(20-39-31)45-11-12-47(4,43)44/h6-10,13-14,16,19-20,22,27-29H,5,11-12,15,17-18,21H2,1-4H3. The lowest BCUT2D eigenvalue weighted by Gasteiger charge is -2.47. The molecule has 0 aliphatic carbocycles. The van der Waals surface area contributed by atoms with E-state index < -0.39 is 27.7 Å². The summed E-state index contributed by atoms with van der Waals surface area (Å²) < 4.78 is 75.4. The minimum absolute atomic E-state index is 0.00746. The number of sulfone groups is 1. The highest BCUT2D eigenvalue weighted by atomic mass is 35.5. The predicted octanol–water partition coefficient (Wildman–Crippen LogP) is 6.98. The van der Waals surface area contributed by atoms with Crippen LogP contribution in [0, 0.1) is 0 Å². The lowest BCUT2D eigenvalue weighted by Crippen LogP contribution is -2.58. The summed E-state index contributed by atoms with van der Waals surface area (Å²) in [6, 6.07) is 12.4. The van der Waals surface area contributed by atoms with Crippen LogP contribution >= 0.6 is 11.6 Å². The highest BCUT2D eigenvalue weighted by Crippen LogP contribution is 2.36. The maximum atomic E-state index is 13.7. The van der Waals surface area contributed by atoms with Crippen molar-refractivity contribution in [1.82, 2.24) is 14.9 Å². The summed E-state index contributed by atoms with van der Waals surface area (Å²) in [4.78, 5) is 26.1. The first kappa shape index (κ1) is 36.3. The Labute approximate surface area is 279 Å². The number of aromatic nitrogens is 2. The van der Waals surface area contributed by atoms with Crippen LogP contribution in [0.25, 0.3) is 0 Å². The van der Waals surface area contributed by atoms with Crippen LogP contribution in [0.15, 0.2) is 60.9 Å². The molecule has 1 aliphatic rings. The molecule has 0 bridgehead atoms. The first-order chi connectivity index (χ1) is 22.1. The zero-order valence-electron chi connectivity index (χ0n) is 26.8. The molecule has 9 nitrogen and oxygen atoms in total. The summed E-state index contributed by atoms with van der Waals surface area (Å²) in [7, 11) is -3.24. The Morgan fingerprint density at radius 1 is 1.06 bits per heavy atom. The van der Waals surface area contributed by atoms with E-state index in [1.54, 1.807) is 13.8 Å². The molecule has 1 saturated heterocycles. The number of hydrogen-bond acceptors (Lipinski definition) is 8. The molecule has 1 amide bonds. The fourth-order valence-electron chi connectivity index (χ4n) is 5.80. The minimum Gasteiger partial charge on any atom is -0.489 e. The van der Waals surface area contributed by atoms with E-state index in [2.05, 4.69) is 9.97 Å². The number of carbonyl (C=O) groups is 1. The molecular weight excluding hydrogens is 657 g/mol. The average Bonchev–Trinajstić information content (AvgIpc) is 2.98. The van der Waals surface area contributed by atoms with E-state index >= 15 is 0 Å². The van der Waals surface area contributed by atoms with Crippen molar-refractivity contribution in [2.75, 3.05) is 23.5 Å². The highest BCUT2D eigenvalue weighted by molar-refractivity contribution is 7.90. The van der Waals surface area contributed by atoms with Crippen LogP contribution in [0.5, 0.6) is 5.75 Å².